The molecule has 1 atom stereocenters. The first kappa shape index (κ1) is 14.4. The van der Waals surface area contributed by atoms with Crippen LogP contribution in [0.5, 0.6) is 0 Å². The summed E-state index contributed by atoms with van der Waals surface area (Å²) in [6, 6.07) is 2.08. The van der Waals surface area contributed by atoms with Crippen molar-refractivity contribution in [2.75, 3.05) is 26.7 Å². The molecule has 2 N–H and O–H groups in total. The average Bonchev–Trinajstić information content (AvgIpc) is 2.40. The Morgan fingerprint density at radius 3 is 2.63 bits per heavy atom. The van der Waals surface area contributed by atoms with Gasteiger partial charge in [0.15, 0.2) is 0 Å². The van der Waals surface area contributed by atoms with Crippen LogP contribution in [-0.2, 0) is 0 Å². The Hall–Kier alpha value is -1.00. The van der Waals surface area contributed by atoms with Gasteiger partial charge in [0, 0.05) is 30.3 Å². The van der Waals surface area contributed by atoms with Gasteiger partial charge in [-0.05, 0) is 45.0 Å². The van der Waals surface area contributed by atoms with E-state index >= 15 is 0 Å². The fourth-order valence-corrected chi connectivity index (χ4v) is 2.77. The molecular weight excluding hydrogens is 236 g/mol. The summed E-state index contributed by atoms with van der Waals surface area (Å²) in [5.74, 6) is 2.27. The highest BCUT2D eigenvalue weighted by Gasteiger charge is 2.22. The van der Waals surface area contributed by atoms with Gasteiger partial charge in [-0.25, -0.2) is 9.97 Å². The molecule has 2 heterocycles. The fourth-order valence-electron chi connectivity index (χ4n) is 2.77. The van der Waals surface area contributed by atoms with Crippen molar-refractivity contribution >= 4 is 0 Å². The molecule has 1 fully saturated rings. The summed E-state index contributed by atoms with van der Waals surface area (Å²) in [6.07, 6.45) is 4.30. The lowest BCUT2D eigenvalue weighted by Crippen LogP contribution is -2.30. The predicted octanol–water partition coefficient (Wildman–Crippen LogP) is 1.98. The van der Waals surface area contributed by atoms with Crippen molar-refractivity contribution in [3.05, 3.63) is 23.8 Å². The van der Waals surface area contributed by atoms with Crippen LogP contribution in [0, 0.1) is 5.92 Å². The standard InChI is InChI=1S/C15H26N4/c1-11(2)13(10-16)15-17-7-4-14(18-15)12-5-8-19(3)9-6-12/h4,7,11-13H,5-6,8-10,16H2,1-3H3. The van der Waals surface area contributed by atoms with Crippen LogP contribution in [0.15, 0.2) is 12.3 Å². The van der Waals surface area contributed by atoms with Crippen molar-refractivity contribution in [1.82, 2.24) is 14.9 Å². The lowest BCUT2D eigenvalue weighted by molar-refractivity contribution is 0.253. The van der Waals surface area contributed by atoms with Crippen LogP contribution in [0.25, 0.3) is 0 Å². The minimum atomic E-state index is 0.270. The molecule has 1 unspecified atom stereocenters. The molecule has 1 aromatic heterocycles. The monoisotopic (exact) mass is 262 g/mol. The van der Waals surface area contributed by atoms with Gasteiger partial charge in [0.2, 0.25) is 0 Å². The van der Waals surface area contributed by atoms with Gasteiger partial charge in [0.1, 0.15) is 5.82 Å². The molecule has 0 spiro atoms. The maximum Gasteiger partial charge on any atom is 0.133 e. The Balaban J connectivity index is 2.14. The van der Waals surface area contributed by atoms with Gasteiger partial charge >= 0.3 is 0 Å². The highest BCUT2D eigenvalue weighted by Crippen LogP contribution is 2.27. The van der Waals surface area contributed by atoms with E-state index in [-0.39, 0.29) is 5.92 Å². The Morgan fingerprint density at radius 2 is 2.05 bits per heavy atom. The molecule has 0 aliphatic carbocycles. The molecule has 4 heteroatoms. The molecule has 4 nitrogen and oxygen atoms in total. The van der Waals surface area contributed by atoms with Crippen LogP contribution in [0.1, 0.15) is 50.0 Å². The summed E-state index contributed by atoms with van der Waals surface area (Å²) in [5, 5.41) is 0. The lowest BCUT2D eigenvalue weighted by Gasteiger charge is -2.29. The van der Waals surface area contributed by atoms with Crippen molar-refractivity contribution in [3.8, 4) is 0 Å². The first-order chi connectivity index (χ1) is 9.11. The van der Waals surface area contributed by atoms with Gasteiger partial charge in [-0.15, -0.1) is 0 Å². The lowest BCUT2D eigenvalue weighted by atomic mass is 9.92. The fraction of sp³-hybridized carbons (Fsp3) is 0.733. The number of piperidine rings is 1. The van der Waals surface area contributed by atoms with Gasteiger partial charge in [-0.1, -0.05) is 13.8 Å². The number of nitrogens with zero attached hydrogens (tertiary/aromatic N) is 3. The van der Waals surface area contributed by atoms with Crippen molar-refractivity contribution < 1.29 is 0 Å². The summed E-state index contributed by atoms with van der Waals surface area (Å²) in [6.45, 7) is 7.31. The van der Waals surface area contributed by atoms with E-state index in [1.807, 2.05) is 6.20 Å². The molecule has 1 aliphatic rings. The Labute approximate surface area is 116 Å². The largest absolute Gasteiger partial charge is 0.330 e. The highest BCUT2D eigenvalue weighted by molar-refractivity contribution is 5.12. The van der Waals surface area contributed by atoms with E-state index in [0.29, 0.717) is 18.4 Å². The van der Waals surface area contributed by atoms with Crippen molar-refractivity contribution in [1.29, 1.82) is 0 Å². The molecule has 19 heavy (non-hydrogen) atoms. The molecule has 0 amide bonds. The number of rotatable bonds is 4. The first-order valence-corrected chi connectivity index (χ1v) is 7.33. The number of hydrogen-bond donors (Lipinski definition) is 1. The number of aromatic nitrogens is 2. The van der Waals surface area contributed by atoms with Gasteiger partial charge in [0.05, 0.1) is 0 Å². The maximum absolute atomic E-state index is 5.87. The van der Waals surface area contributed by atoms with Crippen molar-refractivity contribution in [2.45, 2.75) is 38.5 Å². The summed E-state index contributed by atoms with van der Waals surface area (Å²) >= 11 is 0. The van der Waals surface area contributed by atoms with Gasteiger partial charge in [-0.3, -0.25) is 0 Å². The topological polar surface area (TPSA) is 55.0 Å². The molecular formula is C15H26N4. The highest BCUT2D eigenvalue weighted by atomic mass is 15.1. The molecule has 1 saturated heterocycles. The zero-order chi connectivity index (χ0) is 13.8. The van der Waals surface area contributed by atoms with Crippen LogP contribution in [0.3, 0.4) is 0 Å². The van der Waals surface area contributed by atoms with Crippen molar-refractivity contribution in [3.63, 3.8) is 0 Å². The zero-order valence-corrected chi connectivity index (χ0v) is 12.3. The predicted molar refractivity (Wildman–Crippen MR) is 78.1 cm³/mol. The minimum absolute atomic E-state index is 0.270. The average molecular weight is 262 g/mol. The minimum Gasteiger partial charge on any atom is -0.330 e. The van der Waals surface area contributed by atoms with E-state index in [4.69, 9.17) is 10.7 Å². The Bertz CT molecular complexity index is 397. The van der Waals surface area contributed by atoms with Crippen LogP contribution in [0.4, 0.5) is 0 Å². The third-order valence-electron chi connectivity index (χ3n) is 4.22. The molecule has 2 rings (SSSR count). The van der Waals surface area contributed by atoms with Crippen LogP contribution in [-0.4, -0.2) is 41.5 Å². The van der Waals surface area contributed by atoms with Crippen LogP contribution < -0.4 is 5.73 Å². The Morgan fingerprint density at radius 1 is 1.37 bits per heavy atom. The third kappa shape index (κ3) is 3.51. The molecule has 0 bridgehead atoms. The van der Waals surface area contributed by atoms with E-state index in [1.165, 1.54) is 18.5 Å². The Kier molecular flexibility index (Phi) is 4.88. The molecule has 106 valence electrons. The van der Waals surface area contributed by atoms with E-state index in [9.17, 15) is 0 Å². The van der Waals surface area contributed by atoms with Crippen LogP contribution in [0.2, 0.25) is 0 Å². The first-order valence-electron chi connectivity index (χ1n) is 7.33. The normalized spacial score (nSPS) is 19.8. The number of likely N-dealkylation sites (tertiary alicyclic amines) is 1. The molecule has 0 aromatic carbocycles. The maximum atomic E-state index is 5.87. The number of hydrogen-bond acceptors (Lipinski definition) is 4. The SMILES string of the molecule is CC(C)C(CN)c1nccc(C2CCN(C)CC2)n1. The number of nitrogens with two attached hydrogens (primary N) is 1. The molecule has 0 saturated carbocycles. The molecule has 1 aromatic rings. The van der Waals surface area contributed by atoms with Gasteiger partial charge in [-0.2, -0.15) is 0 Å². The third-order valence-corrected chi connectivity index (χ3v) is 4.22. The second-order valence-electron chi connectivity index (χ2n) is 6.00. The van der Waals surface area contributed by atoms with Gasteiger partial charge in [0.25, 0.3) is 0 Å². The van der Waals surface area contributed by atoms with E-state index < -0.39 is 0 Å². The molecule has 1 aliphatic heterocycles. The quantitative estimate of drug-likeness (QED) is 0.901. The van der Waals surface area contributed by atoms with Crippen molar-refractivity contribution in [2.24, 2.45) is 11.7 Å². The summed E-state index contributed by atoms with van der Waals surface area (Å²) in [4.78, 5) is 11.6. The molecule has 0 radical (unpaired) electrons. The second-order valence-corrected chi connectivity index (χ2v) is 6.00. The smallest absolute Gasteiger partial charge is 0.133 e. The van der Waals surface area contributed by atoms with E-state index in [2.05, 4.69) is 36.8 Å². The summed E-state index contributed by atoms with van der Waals surface area (Å²) in [7, 11) is 2.19. The summed E-state index contributed by atoms with van der Waals surface area (Å²) < 4.78 is 0. The van der Waals surface area contributed by atoms with Crippen LogP contribution >= 0.6 is 0 Å². The second kappa shape index (κ2) is 6.44. The summed E-state index contributed by atoms with van der Waals surface area (Å²) in [5.41, 5.74) is 7.07. The van der Waals surface area contributed by atoms with E-state index in [0.717, 1.165) is 18.9 Å². The zero-order valence-electron chi connectivity index (χ0n) is 12.3. The van der Waals surface area contributed by atoms with E-state index in [1.54, 1.807) is 0 Å². The van der Waals surface area contributed by atoms with Gasteiger partial charge < -0.3 is 10.6 Å².